The zero-order chi connectivity index (χ0) is 26.2. The minimum absolute atomic E-state index is 0.0106. The number of amides is 1. The average Bonchev–Trinajstić information content (AvgIpc) is 3.35. The molecule has 5 rings (SSSR count). The standard InChI is InChI=1S/C25H24ClN3O6S2/c26-22-9-8-20(17-24(22)37(33,34)28-12-14-35-15-13-28)27-25(30)19-5-3-6-21(16-19)36(31,32)29-11-10-18-4-1-2-7-23(18)29/h1-9,16-17H,10-15H2,(H,27,30). The van der Waals surface area contributed by atoms with Crippen molar-refractivity contribution in [2.45, 2.75) is 16.2 Å². The van der Waals surface area contributed by atoms with Crippen LogP contribution in [0.25, 0.3) is 0 Å². The lowest BCUT2D eigenvalue weighted by molar-refractivity contribution is 0.0730. The molecule has 2 aliphatic heterocycles. The quantitative estimate of drug-likeness (QED) is 0.494. The van der Waals surface area contributed by atoms with Crippen LogP contribution in [0.1, 0.15) is 15.9 Å². The first-order valence-electron chi connectivity index (χ1n) is 11.6. The second-order valence-corrected chi connectivity index (χ2v) is 12.8. The van der Waals surface area contributed by atoms with Crippen LogP contribution in [0.5, 0.6) is 0 Å². The number of hydrogen-bond acceptors (Lipinski definition) is 6. The second kappa shape index (κ2) is 10.1. The molecule has 37 heavy (non-hydrogen) atoms. The van der Waals surface area contributed by atoms with Crippen LogP contribution in [0.4, 0.5) is 11.4 Å². The zero-order valence-electron chi connectivity index (χ0n) is 19.6. The molecule has 1 N–H and O–H groups in total. The van der Waals surface area contributed by atoms with E-state index >= 15 is 0 Å². The van der Waals surface area contributed by atoms with Crippen LogP contribution in [0.2, 0.25) is 5.02 Å². The van der Waals surface area contributed by atoms with E-state index in [1.54, 1.807) is 12.1 Å². The molecule has 0 unspecified atom stereocenters. The Morgan fingerprint density at radius 1 is 0.865 bits per heavy atom. The fourth-order valence-corrected chi connectivity index (χ4v) is 7.85. The number of halogens is 1. The first-order chi connectivity index (χ1) is 17.7. The van der Waals surface area contributed by atoms with Crippen molar-refractivity contribution in [1.82, 2.24) is 4.31 Å². The molecule has 2 aliphatic rings. The number of sulfonamides is 2. The van der Waals surface area contributed by atoms with Crippen LogP contribution >= 0.6 is 11.6 Å². The van der Waals surface area contributed by atoms with Crippen molar-refractivity contribution in [3.8, 4) is 0 Å². The molecule has 1 amide bonds. The molecule has 0 atom stereocenters. The van der Waals surface area contributed by atoms with Gasteiger partial charge in [0.2, 0.25) is 10.0 Å². The van der Waals surface area contributed by atoms with E-state index < -0.39 is 26.0 Å². The molecule has 9 nitrogen and oxygen atoms in total. The van der Waals surface area contributed by atoms with Gasteiger partial charge in [0.05, 0.1) is 28.8 Å². The van der Waals surface area contributed by atoms with Crippen LogP contribution in [0, 0.1) is 0 Å². The number of morpholine rings is 1. The third kappa shape index (κ3) is 4.97. The van der Waals surface area contributed by atoms with E-state index in [0.29, 0.717) is 18.7 Å². The highest BCUT2D eigenvalue weighted by atomic mass is 35.5. The number of para-hydroxylation sites is 1. The van der Waals surface area contributed by atoms with Crippen molar-refractivity contribution in [2.75, 3.05) is 42.5 Å². The van der Waals surface area contributed by atoms with Crippen molar-refractivity contribution in [3.05, 3.63) is 82.9 Å². The lowest BCUT2D eigenvalue weighted by atomic mass is 10.2. The summed E-state index contributed by atoms with van der Waals surface area (Å²) in [6.07, 6.45) is 0.613. The molecule has 2 heterocycles. The summed E-state index contributed by atoms with van der Waals surface area (Å²) in [6, 6.07) is 17.3. The summed E-state index contributed by atoms with van der Waals surface area (Å²) in [5.41, 5.74) is 1.90. The zero-order valence-corrected chi connectivity index (χ0v) is 22.0. The van der Waals surface area contributed by atoms with Gasteiger partial charge < -0.3 is 10.1 Å². The molecule has 0 bridgehead atoms. The molecule has 3 aromatic rings. The largest absolute Gasteiger partial charge is 0.379 e. The molecule has 0 aliphatic carbocycles. The molecule has 0 radical (unpaired) electrons. The van der Waals surface area contributed by atoms with Gasteiger partial charge in [0.25, 0.3) is 15.9 Å². The van der Waals surface area contributed by atoms with Gasteiger partial charge in [-0.15, -0.1) is 0 Å². The Bertz CT molecular complexity index is 1570. The maximum Gasteiger partial charge on any atom is 0.264 e. The Hall–Kier alpha value is -2.96. The fraction of sp³-hybridized carbons (Fsp3) is 0.240. The molecule has 0 aromatic heterocycles. The average molecular weight is 562 g/mol. The van der Waals surface area contributed by atoms with Crippen molar-refractivity contribution < 1.29 is 26.4 Å². The summed E-state index contributed by atoms with van der Waals surface area (Å²) in [7, 11) is -7.77. The summed E-state index contributed by atoms with van der Waals surface area (Å²) in [5, 5.41) is 2.68. The number of nitrogens with one attached hydrogen (secondary N) is 1. The monoisotopic (exact) mass is 561 g/mol. The smallest absolute Gasteiger partial charge is 0.264 e. The van der Waals surface area contributed by atoms with Gasteiger partial charge in [0.1, 0.15) is 4.90 Å². The Kier molecular flexibility index (Phi) is 6.99. The van der Waals surface area contributed by atoms with E-state index in [1.807, 2.05) is 12.1 Å². The molecule has 194 valence electrons. The van der Waals surface area contributed by atoms with Crippen LogP contribution in [0.15, 0.2) is 76.5 Å². The van der Waals surface area contributed by atoms with Gasteiger partial charge in [0, 0.05) is 30.9 Å². The van der Waals surface area contributed by atoms with E-state index in [2.05, 4.69) is 5.32 Å². The van der Waals surface area contributed by atoms with Gasteiger partial charge in [0.15, 0.2) is 0 Å². The normalized spacial score (nSPS) is 16.4. The first kappa shape index (κ1) is 25.7. The highest BCUT2D eigenvalue weighted by Gasteiger charge is 2.31. The van der Waals surface area contributed by atoms with Crippen molar-refractivity contribution >= 4 is 48.9 Å². The number of anilines is 2. The van der Waals surface area contributed by atoms with Crippen LogP contribution in [-0.4, -0.2) is 59.9 Å². The maximum absolute atomic E-state index is 13.4. The molecule has 0 saturated carbocycles. The van der Waals surface area contributed by atoms with Crippen molar-refractivity contribution in [1.29, 1.82) is 0 Å². The fourth-order valence-electron chi connectivity index (χ4n) is 4.39. The van der Waals surface area contributed by atoms with Gasteiger partial charge in [-0.2, -0.15) is 4.31 Å². The minimum atomic E-state index is -3.89. The third-order valence-corrected chi connectivity index (χ3v) is 10.5. The highest BCUT2D eigenvalue weighted by molar-refractivity contribution is 7.92. The predicted octanol–water partition coefficient (Wildman–Crippen LogP) is 3.36. The maximum atomic E-state index is 13.4. The summed E-state index contributed by atoms with van der Waals surface area (Å²) in [5.74, 6) is -0.587. The van der Waals surface area contributed by atoms with Gasteiger partial charge in [-0.05, 0) is 54.4 Å². The van der Waals surface area contributed by atoms with E-state index in [9.17, 15) is 21.6 Å². The van der Waals surface area contributed by atoms with Crippen molar-refractivity contribution in [2.24, 2.45) is 0 Å². The molecule has 1 saturated heterocycles. The number of ether oxygens (including phenoxy) is 1. The minimum Gasteiger partial charge on any atom is -0.379 e. The number of hydrogen-bond donors (Lipinski definition) is 1. The Morgan fingerprint density at radius 3 is 2.41 bits per heavy atom. The predicted molar refractivity (Wildman–Crippen MR) is 140 cm³/mol. The highest BCUT2D eigenvalue weighted by Crippen LogP contribution is 2.33. The van der Waals surface area contributed by atoms with Gasteiger partial charge in [-0.3, -0.25) is 9.10 Å². The number of rotatable bonds is 6. The van der Waals surface area contributed by atoms with Gasteiger partial charge in [-0.25, -0.2) is 16.8 Å². The molecule has 0 spiro atoms. The van der Waals surface area contributed by atoms with E-state index in [0.717, 1.165) is 5.56 Å². The molecule has 1 fully saturated rings. The summed E-state index contributed by atoms with van der Waals surface area (Å²) in [4.78, 5) is 12.9. The lowest BCUT2D eigenvalue weighted by Gasteiger charge is -2.26. The Labute approximate surface area is 220 Å². The van der Waals surface area contributed by atoms with E-state index in [4.69, 9.17) is 16.3 Å². The Balaban J connectivity index is 1.39. The number of carbonyl (C=O) groups excluding carboxylic acids is 1. The van der Waals surface area contributed by atoms with Crippen LogP contribution < -0.4 is 9.62 Å². The van der Waals surface area contributed by atoms with Crippen LogP contribution in [0.3, 0.4) is 0 Å². The molecule has 3 aromatic carbocycles. The summed E-state index contributed by atoms with van der Waals surface area (Å²) >= 11 is 6.20. The molecule has 12 heteroatoms. The molecular weight excluding hydrogens is 538 g/mol. The topological polar surface area (TPSA) is 113 Å². The summed E-state index contributed by atoms with van der Waals surface area (Å²) in [6.45, 7) is 1.31. The number of carbonyl (C=O) groups is 1. The summed E-state index contributed by atoms with van der Waals surface area (Å²) < 4.78 is 60.8. The first-order valence-corrected chi connectivity index (χ1v) is 14.8. The number of nitrogens with zero attached hydrogens (tertiary/aromatic N) is 2. The van der Waals surface area contributed by atoms with Crippen molar-refractivity contribution in [3.63, 3.8) is 0 Å². The molecular formula is C25H24ClN3O6S2. The number of fused-ring (bicyclic) bond motifs is 1. The van der Waals surface area contributed by atoms with E-state index in [-0.39, 0.29) is 52.4 Å². The van der Waals surface area contributed by atoms with Crippen LogP contribution in [-0.2, 0) is 31.2 Å². The third-order valence-electron chi connectivity index (χ3n) is 6.31. The second-order valence-electron chi connectivity index (χ2n) is 8.60. The van der Waals surface area contributed by atoms with Gasteiger partial charge >= 0.3 is 0 Å². The van der Waals surface area contributed by atoms with E-state index in [1.165, 1.54) is 51.1 Å². The van der Waals surface area contributed by atoms with Gasteiger partial charge in [-0.1, -0.05) is 35.9 Å². The lowest BCUT2D eigenvalue weighted by Crippen LogP contribution is -2.40. The SMILES string of the molecule is O=C(Nc1ccc(Cl)c(S(=O)(=O)N2CCOCC2)c1)c1cccc(S(=O)(=O)N2CCc3ccccc32)c1. The Morgan fingerprint density at radius 2 is 1.62 bits per heavy atom. The number of benzene rings is 3.